The molecule has 0 aliphatic carbocycles. The van der Waals surface area contributed by atoms with Crippen LogP contribution >= 0.6 is 0 Å². The summed E-state index contributed by atoms with van der Waals surface area (Å²) in [5.41, 5.74) is 0.686. The summed E-state index contributed by atoms with van der Waals surface area (Å²) in [5.74, 6) is -0.588. The fourth-order valence-corrected chi connectivity index (χ4v) is 4.13. The van der Waals surface area contributed by atoms with Gasteiger partial charge in [-0.25, -0.2) is 9.37 Å². The second-order valence-electron chi connectivity index (χ2n) is 8.39. The Labute approximate surface area is 186 Å². The minimum atomic E-state index is -0.778. The molecule has 1 aliphatic heterocycles. The summed E-state index contributed by atoms with van der Waals surface area (Å²) in [4.78, 5) is 19.0. The number of benzene rings is 2. The molecule has 0 saturated carbocycles. The fraction of sp³-hybridized carbons (Fsp3) is 0.375. The van der Waals surface area contributed by atoms with E-state index in [4.69, 9.17) is 0 Å². The Kier molecular flexibility index (Phi) is 6.92. The molecule has 168 valence electrons. The number of nitrogens with zero attached hydrogens (tertiary/aromatic N) is 4. The standard InChI is InChI=1S/C24H28FN5O2/c25-21-8-6-20(7-9-21)23(31)28-22(19-4-2-1-3-5-19)10-13-29-14-11-24(32,12-15-29)16-30-18-26-17-27-30/h1-9,17-18,22,32H,10-16H2,(H,28,31). The number of halogens is 1. The first-order valence-electron chi connectivity index (χ1n) is 10.9. The van der Waals surface area contributed by atoms with Crippen LogP contribution in [0.15, 0.2) is 67.3 Å². The van der Waals surface area contributed by atoms with Crippen LogP contribution < -0.4 is 5.32 Å². The van der Waals surface area contributed by atoms with Crippen molar-refractivity contribution in [3.63, 3.8) is 0 Å². The van der Waals surface area contributed by atoms with Crippen LogP contribution in [0.2, 0.25) is 0 Å². The van der Waals surface area contributed by atoms with E-state index in [1.165, 1.54) is 30.6 Å². The molecule has 32 heavy (non-hydrogen) atoms. The van der Waals surface area contributed by atoms with E-state index in [1.54, 1.807) is 11.0 Å². The zero-order valence-corrected chi connectivity index (χ0v) is 17.9. The molecule has 4 rings (SSSR count). The zero-order chi connectivity index (χ0) is 22.4. The monoisotopic (exact) mass is 437 g/mol. The number of aliphatic hydroxyl groups is 1. The Bertz CT molecular complexity index is 987. The fourth-order valence-electron chi connectivity index (χ4n) is 4.13. The van der Waals surface area contributed by atoms with Crippen molar-refractivity contribution >= 4 is 5.91 Å². The highest BCUT2D eigenvalue weighted by molar-refractivity contribution is 5.94. The molecule has 1 fully saturated rings. The normalized spacial score (nSPS) is 17.1. The lowest BCUT2D eigenvalue weighted by Crippen LogP contribution is -2.47. The lowest BCUT2D eigenvalue weighted by Gasteiger charge is -2.38. The predicted molar refractivity (Wildman–Crippen MR) is 118 cm³/mol. The quantitative estimate of drug-likeness (QED) is 0.566. The van der Waals surface area contributed by atoms with Gasteiger partial charge in [0.15, 0.2) is 0 Å². The highest BCUT2D eigenvalue weighted by Crippen LogP contribution is 2.25. The van der Waals surface area contributed by atoms with Gasteiger partial charge in [0, 0.05) is 25.2 Å². The van der Waals surface area contributed by atoms with Crippen LogP contribution in [-0.4, -0.2) is 55.9 Å². The first-order chi connectivity index (χ1) is 15.5. The predicted octanol–water partition coefficient (Wildman–Crippen LogP) is 2.81. The van der Waals surface area contributed by atoms with Gasteiger partial charge in [-0.1, -0.05) is 30.3 Å². The van der Waals surface area contributed by atoms with E-state index in [9.17, 15) is 14.3 Å². The third-order valence-electron chi connectivity index (χ3n) is 6.06. The van der Waals surface area contributed by atoms with E-state index in [1.807, 2.05) is 30.3 Å². The van der Waals surface area contributed by atoms with Gasteiger partial charge >= 0.3 is 0 Å². The number of likely N-dealkylation sites (tertiary alicyclic amines) is 1. The number of carbonyl (C=O) groups excluding carboxylic acids is 1. The Balaban J connectivity index is 1.35. The molecule has 8 heteroatoms. The third kappa shape index (κ3) is 5.77. The van der Waals surface area contributed by atoms with Crippen molar-refractivity contribution in [2.24, 2.45) is 0 Å². The molecular formula is C24H28FN5O2. The molecule has 2 heterocycles. The van der Waals surface area contributed by atoms with E-state index in [2.05, 4.69) is 20.3 Å². The number of hydrogen-bond acceptors (Lipinski definition) is 5. The van der Waals surface area contributed by atoms with Crippen molar-refractivity contribution in [3.8, 4) is 0 Å². The molecule has 3 aromatic rings. The van der Waals surface area contributed by atoms with E-state index in [0.717, 1.165) is 31.6 Å². The van der Waals surface area contributed by atoms with Gasteiger partial charge < -0.3 is 15.3 Å². The number of aromatic nitrogens is 3. The van der Waals surface area contributed by atoms with Gasteiger partial charge in [-0.3, -0.25) is 9.48 Å². The Morgan fingerprint density at radius 2 is 1.84 bits per heavy atom. The lowest BCUT2D eigenvalue weighted by molar-refractivity contribution is -0.0369. The van der Waals surface area contributed by atoms with Crippen molar-refractivity contribution in [3.05, 3.63) is 84.2 Å². The van der Waals surface area contributed by atoms with Crippen LogP contribution in [0.1, 0.15) is 41.2 Å². The molecule has 1 saturated heterocycles. The minimum absolute atomic E-state index is 0.162. The van der Waals surface area contributed by atoms with Gasteiger partial charge in [-0.15, -0.1) is 0 Å². The second-order valence-corrected chi connectivity index (χ2v) is 8.39. The Hall–Kier alpha value is -3.10. The van der Waals surface area contributed by atoms with E-state index in [0.29, 0.717) is 24.9 Å². The maximum atomic E-state index is 13.2. The summed E-state index contributed by atoms with van der Waals surface area (Å²) < 4.78 is 14.9. The topological polar surface area (TPSA) is 83.3 Å². The lowest BCUT2D eigenvalue weighted by atomic mass is 9.91. The van der Waals surface area contributed by atoms with Crippen molar-refractivity contribution < 1.29 is 14.3 Å². The van der Waals surface area contributed by atoms with Crippen LogP contribution in [0.4, 0.5) is 4.39 Å². The van der Waals surface area contributed by atoms with Crippen LogP contribution in [0.3, 0.4) is 0 Å². The maximum Gasteiger partial charge on any atom is 0.251 e. The highest BCUT2D eigenvalue weighted by Gasteiger charge is 2.33. The molecule has 7 nitrogen and oxygen atoms in total. The summed E-state index contributed by atoms with van der Waals surface area (Å²) in [6.07, 6.45) is 5.15. The number of hydrogen-bond donors (Lipinski definition) is 2. The molecule has 1 atom stereocenters. The maximum absolute atomic E-state index is 13.2. The summed E-state index contributed by atoms with van der Waals surface area (Å²) >= 11 is 0. The number of nitrogens with one attached hydrogen (secondary N) is 1. The van der Waals surface area contributed by atoms with Crippen LogP contribution in [0.25, 0.3) is 0 Å². The summed E-state index contributed by atoms with van der Waals surface area (Å²) in [5, 5.41) is 18.1. The van der Waals surface area contributed by atoms with Crippen molar-refractivity contribution in [2.75, 3.05) is 19.6 Å². The summed E-state index contributed by atoms with van der Waals surface area (Å²) in [7, 11) is 0. The zero-order valence-electron chi connectivity index (χ0n) is 17.9. The van der Waals surface area contributed by atoms with Gasteiger partial charge in [-0.2, -0.15) is 5.10 Å². The molecule has 1 aliphatic rings. The molecule has 2 aromatic carbocycles. The Morgan fingerprint density at radius 1 is 1.12 bits per heavy atom. The molecule has 1 amide bonds. The first kappa shape index (κ1) is 22.1. The van der Waals surface area contributed by atoms with Crippen molar-refractivity contribution in [1.82, 2.24) is 25.0 Å². The molecule has 1 unspecified atom stereocenters. The largest absolute Gasteiger partial charge is 0.388 e. The van der Waals surface area contributed by atoms with Gasteiger partial charge in [0.1, 0.15) is 18.5 Å². The third-order valence-corrected chi connectivity index (χ3v) is 6.06. The van der Waals surface area contributed by atoms with Gasteiger partial charge in [0.2, 0.25) is 0 Å². The average molecular weight is 438 g/mol. The highest BCUT2D eigenvalue weighted by atomic mass is 19.1. The smallest absolute Gasteiger partial charge is 0.251 e. The molecule has 2 N–H and O–H groups in total. The Morgan fingerprint density at radius 3 is 2.50 bits per heavy atom. The van der Waals surface area contributed by atoms with E-state index < -0.39 is 5.60 Å². The van der Waals surface area contributed by atoms with E-state index >= 15 is 0 Å². The van der Waals surface area contributed by atoms with Crippen LogP contribution in [0, 0.1) is 5.82 Å². The molecule has 1 aromatic heterocycles. The molecule has 0 radical (unpaired) electrons. The van der Waals surface area contributed by atoms with Crippen LogP contribution in [0.5, 0.6) is 0 Å². The van der Waals surface area contributed by atoms with Gasteiger partial charge in [-0.05, 0) is 49.1 Å². The van der Waals surface area contributed by atoms with Crippen LogP contribution in [-0.2, 0) is 6.54 Å². The molecule has 0 bridgehead atoms. The minimum Gasteiger partial charge on any atom is -0.388 e. The number of amides is 1. The number of piperidine rings is 1. The summed E-state index contributed by atoms with van der Waals surface area (Å²) in [6, 6.07) is 15.3. The number of carbonyl (C=O) groups is 1. The molecule has 0 spiro atoms. The summed E-state index contributed by atoms with van der Waals surface area (Å²) in [6.45, 7) is 2.79. The molecular weight excluding hydrogens is 409 g/mol. The second kappa shape index (κ2) is 10.0. The van der Waals surface area contributed by atoms with Gasteiger partial charge in [0.25, 0.3) is 5.91 Å². The number of rotatable bonds is 8. The van der Waals surface area contributed by atoms with Crippen molar-refractivity contribution in [2.45, 2.75) is 37.5 Å². The van der Waals surface area contributed by atoms with E-state index in [-0.39, 0.29) is 17.8 Å². The van der Waals surface area contributed by atoms with Crippen molar-refractivity contribution in [1.29, 1.82) is 0 Å². The SMILES string of the molecule is O=C(NC(CCN1CCC(O)(Cn2cncn2)CC1)c1ccccc1)c1ccc(F)cc1. The van der Waals surface area contributed by atoms with Gasteiger partial charge in [0.05, 0.1) is 18.2 Å². The first-order valence-corrected chi connectivity index (χ1v) is 10.9. The average Bonchev–Trinajstić information content (AvgIpc) is 3.31.